The number of aliphatic hydroxyl groups excluding tert-OH is 1. The summed E-state index contributed by atoms with van der Waals surface area (Å²) >= 11 is 0. The van der Waals surface area contributed by atoms with Gasteiger partial charge in [0.1, 0.15) is 0 Å². The molecule has 2 atom stereocenters. The van der Waals surface area contributed by atoms with Gasteiger partial charge in [-0.15, -0.1) is 0 Å². The first kappa shape index (κ1) is 49.1. The highest BCUT2D eigenvalue weighted by Crippen LogP contribution is 2.20. The van der Waals surface area contributed by atoms with Crippen molar-refractivity contribution in [1.29, 1.82) is 0 Å². The lowest BCUT2D eigenvalue weighted by molar-refractivity contribution is -0.144. The number of aromatic nitrogens is 2. The number of esters is 2. The summed E-state index contributed by atoms with van der Waals surface area (Å²) in [5, 5.41) is 15.6. The van der Waals surface area contributed by atoms with Gasteiger partial charge in [0, 0.05) is 38.3 Å². The van der Waals surface area contributed by atoms with Crippen molar-refractivity contribution in [3.63, 3.8) is 0 Å². The molecule has 0 aliphatic rings. The van der Waals surface area contributed by atoms with Crippen LogP contribution in [0.25, 0.3) is 0 Å². The van der Waals surface area contributed by atoms with Gasteiger partial charge in [-0.2, -0.15) is 5.10 Å². The van der Waals surface area contributed by atoms with E-state index in [9.17, 15) is 14.7 Å². The van der Waals surface area contributed by atoms with Crippen molar-refractivity contribution in [2.24, 2.45) is 5.92 Å². The van der Waals surface area contributed by atoms with Gasteiger partial charge in [-0.25, -0.2) is 0 Å². The summed E-state index contributed by atoms with van der Waals surface area (Å²) in [4.78, 5) is 26.8. The Morgan fingerprint density at radius 3 is 1.57 bits per heavy atom. The minimum Gasteiger partial charge on any atom is -0.466 e. The summed E-state index contributed by atoms with van der Waals surface area (Å²) < 4.78 is 13.0. The van der Waals surface area contributed by atoms with E-state index in [1.165, 1.54) is 103 Å². The fraction of sp³-hybridized carbons (Fsp3) is 0.889. The van der Waals surface area contributed by atoms with Crippen molar-refractivity contribution in [2.45, 2.75) is 219 Å². The Labute approximate surface area is 326 Å². The average molecular weight is 748 g/mol. The minimum atomic E-state index is -0.374. The second kappa shape index (κ2) is 37.0. The highest BCUT2D eigenvalue weighted by Gasteiger charge is 2.21. The summed E-state index contributed by atoms with van der Waals surface area (Å²) in [7, 11) is 2.14. The maximum absolute atomic E-state index is 12.3. The van der Waals surface area contributed by atoms with Crippen LogP contribution in [0.5, 0.6) is 0 Å². The number of hydrogen-bond acceptors (Lipinski definition) is 7. The van der Waals surface area contributed by atoms with E-state index in [-0.39, 0.29) is 24.0 Å². The van der Waals surface area contributed by atoms with Crippen molar-refractivity contribution < 1.29 is 24.2 Å². The van der Waals surface area contributed by atoms with Crippen LogP contribution in [0.15, 0.2) is 18.5 Å². The highest BCUT2D eigenvalue weighted by atomic mass is 16.5. The van der Waals surface area contributed by atoms with Crippen molar-refractivity contribution in [1.82, 2.24) is 14.7 Å². The molecule has 8 heteroatoms. The Morgan fingerprint density at radius 1 is 0.623 bits per heavy atom. The van der Waals surface area contributed by atoms with E-state index in [1.807, 2.05) is 23.1 Å². The molecule has 0 fully saturated rings. The second-order valence-corrected chi connectivity index (χ2v) is 15.9. The molecule has 1 heterocycles. The smallest absolute Gasteiger partial charge is 0.305 e. The number of ether oxygens (including phenoxy) is 2. The number of carbonyl (C=O) groups is 2. The van der Waals surface area contributed by atoms with Crippen LogP contribution < -0.4 is 0 Å². The first-order valence-electron chi connectivity index (χ1n) is 22.6. The van der Waals surface area contributed by atoms with E-state index in [4.69, 9.17) is 9.47 Å². The maximum atomic E-state index is 12.3. The molecule has 0 saturated heterocycles. The molecule has 1 aromatic heterocycles. The fourth-order valence-corrected chi connectivity index (χ4v) is 7.24. The predicted octanol–water partition coefficient (Wildman–Crippen LogP) is 11.6. The molecule has 0 radical (unpaired) electrons. The highest BCUT2D eigenvalue weighted by molar-refractivity contribution is 5.69. The number of carbonyl (C=O) groups excluding carboxylic acids is 2. The first-order chi connectivity index (χ1) is 26.0. The molecule has 0 saturated carbocycles. The number of aryl methyl sites for hydroxylation is 1. The molecule has 0 aliphatic heterocycles. The largest absolute Gasteiger partial charge is 0.466 e. The quantitative estimate of drug-likeness (QED) is 0.0527. The van der Waals surface area contributed by atoms with Crippen LogP contribution in [0.1, 0.15) is 206 Å². The van der Waals surface area contributed by atoms with Gasteiger partial charge in [-0.1, -0.05) is 136 Å². The minimum absolute atomic E-state index is 0.0651. The Bertz CT molecular complexity index is 927. The molecule has 1 N–H and O–H groups in total. The van der Waals surface area contributed by atoms with Crippen LogP contribution in [-0.4, -0.2) is 71.2 Å². The van der Waals surface area contributed by atoms with E-state index in [2.05, 4.69) is 30.9 Å². The number of nitrogens with zero attached hydrogens (tertiary/aromatic N) is 3. The lowest BCUT2D eigenvalue weighted by Crippen LogP contribution is -2.34. The molecule has 53 heavy (non-hydrogen) atoms. The van der Waals surface area contributed by atoms with Crippen LogP contribution in [-0.2, 0) is 25.6 Å². The van der Waals surface area contributed by atoms with Crippen LogP contribution >= 0.6 is 0 Å². The van der Waals surface area contributed by atoms with Crippen molar-refractivity contribution in [3.8, 4) is 0 Å². The van der Waals surface area contributed by atoms with Crippen LogP contribution in [0.2, 0.25) is 0 Å². The van der Waals surface area contributed by atoms with E-state index in [0.29, 0.717) is 26.1 Å². The first-order valence-corrected chi connectivity index (χ1v) is 22.6. The number of rotatable bonds is 40. The Kier molecular flexibility index (Phi) is 34.3. The Hall–Kier alpha value is -1.93. The number of hydrogen-bond donors (Lipinski definition) is 1. The number of aliphatic hydroxyl groups is 1. The molecular weight excluding hydrogens is 663 g/mol. The third-order valence-corrected chi connectivity index (χ3v) is 10.7. The standard InChI is InChI=1S/C45H85N3O5/c1-4-6-8-10-12-14-16-18-20-24-33-44(50)52-39-27-22-23-32-43(49)42(41-47(3)36-30-38-48-37-29-35-46-48)31-26-28-40-53-45(51)34-25-21-19-17-15-13-11-9-7-5-2/h29,35,37,42-43,49H,4-28,30-34,36,38-41H2,1-3H3. The van der Waals surface area contributed by atoms with Crippen LogP contribution in [0, 0.1) is 5.92 Å². The zero-order valence-corrected chi connectivity index (χ0v) is 35.1. The third-order valence-electron chi connectivity index (χ3n) is 10.7. The second-order valence-electron chi connectivity index (χ2n) is 15.9. The lowest BCUT2D eigenvalue weighted by Gasteiger charge is -2.28. The summed E-state index contributed by atoms with van der Waals surface area (Å²) in [6.07, 6.45) is 36.9. The van der Waals surface area contributed by atoms with Gasteiger partial charge in [0.15, 0.2) is 0 Å². The average Bonchev–Trinajstić information content (AvgIpc) is 3.67. The molecule has 1 rings (SSSR count). The molecule has 0 spiro atoms. The summed E-state index contributed by atoms with van der Waals surface area (Å²) in [6, 6.07) is 1.95. The van der Waals surface area contributed by atoms with Crippen molar-refractivity contribution in [3.05, 3.63) is 18.5 Å². The molecule has 1 aromatic rings. The Balaban J connectivity index is 2.23. The zero-order chi connectivity index (χ0) is 38.5. The van der Waals surface area contributed by atoms with Gasteiger partial charge in [0.05, 0.1) is 19.3 Å². The predicted molar refractivity (Wildman–Crippen MR) is 221 cm³/mol. The SMILES string of the molecule is CCCCCCCCCCCCC(=O)OCCCCCC(O)C(CCCCOC(=O)CCCCCCCCCCCC)CN(C)CCCn1cccn1. The third kappa shape index (κ3) is 32.1. The van der Waals surface area contributed by atoms with E-state index in [0.717, 1.165) is 96.7 Å². The molecule has 2 unspecified atom stereocenters. The van der Waals surface area contributed by atoms with Gasteiger partial charge in [-0.3, -0.25) is 14.3 Å². The van der Waals surface area contributed by atoms with E-state index >= 15 is 0 Å². The molecule has 310 valence electrons. The molecule has 0 amide bonds. The fourth-order valence-electron chi connectivity index (χ4n) is 7.24. The monoisotopic (exact) mass is 748 g/mol. The van der Waals surface area contributed by atoms with E-state index in [1.54, 1.807) is 0 Å². The van der Waals surface area contributed by atoms with Gasteiger partial charge in [0.2, 0.25) is 0 Å². The van der Waals surface area contributed by atoms with Crippen LogP contribution in [0.3, 0.4) is 0 Å². The molecule has 8 nitrogen and oxygen atoms in total. The molecule has 0 aromatic carbocycles. The van der Waals surface area contributed by atoms with Crippen molar-refractivity contribution >= 4 is 11.9 Å². The molecule has 0 bridgehead atoms. The van der Waals surface area contributed by atoms with Crippen molar-refractivity contribution in [2.75, 3.05) is 33.4 Å². The summed E-state index contributed by atoms with van der Waals surface area (Å²) in [5.41, 5.74) is 0. The van der Waals surface area contributed by atoms with E-state index < -0.39 is 0 Å². The van der Waals surface area contributed by atoms with Crippen LogP contribution in [0.4, 0.5) is 0 Å². The topological polar surface area (TPSA) is 93.9 Å². The molecule has 0 aliphatic carbocycles. The van der Waals surface area contributed by atoms with Gasteiger partial charge < -0.3 is 19.5 Å². The normalized spacial score (nSPS) is 12.7. The van der Waals surface area contributed by atoms with Gasteiger partial charge >= 0.3 is 11.9 Å². The molecular formula is C45H85N3O5. The maximum Gasteiger partial charge on any atom is 0.305 e. The summed E-state index contributed by atoms with van der Waals surface area (Å²) in [5.74, 6) is 0.0400. The number of unbranched alkanes of at least 4 members (excludes halogenated alkanes) is 21. The summed E-state index contributed by atoms with van der Waals surface area (Å²) in [6.45, 7) is 8.14. The van der Waals surface area contributed by atoms with Gasteiger partial charge in [-0.05, 0) is 83.4 Å². The lowest BCUT2D eigenvalue weighted by atomic mass is 9.91. The zero-order valence-electron chi connectivity index (χ0n) is 35.1. The Morgan fingerprint density at radius 2 is 1.08 bits per heavy atom. The van der Waals surface area contributed by atoms with Gasteiger partial charge in [0.25, 0.3) is 0 Å².